The van der Waals surface area contributed by atoms with Gasteiger partial charge in [0.1, 0.15) is 11.6 Å². The number of nitrogens with one attached hydrogen (secondary N) is 1. The minimum Gasteiger partial charge on any atom is -0.480 e. The van der Waals surface area contributed by atoms with Gasteiger partial charge in [0.15, 0.2) is 0 Å². The summed E-state index contributed by atoms with van der Waals surface area (Å²) < 4.78 is 5.10. The van der Waals surface area contributed by atoms with E-state index in [2.05, 4.69) is 44.3 Å². The summed E-state index contributed by atoms with van der Waals surface area (Å²) in [5, 5.41) is 12.1. The van der Waals surface area contributed by atoms with Gasteiger partial charge in [0.05, 0.1) is 13.3 Å². The first kappa shape index (κ1) is 16.0. The molecule has 124 valence electrons. The van der Waals surface area contributed by atoms with Crippen LogP contribution in [0.3, 0.4) is 0 Å². The Bertz CT molecular complexity index is 732. The molecule has 1 aromatic heterocycles. The van der Waals surface area contributed by atoms with Crippen molar-refractivity contribution in [2.45, 2.75) is 0 Å². The monoisotopic (exact) mass is 324 g/mol. The minimum atomic E-state index is 0.268. The van der Waals surface area contributed by atoms with Gasteiger partial charge in [-0.2, -0.15) is 10.2 Å². The molecule has 0 saturated carbocycles. The molecule has 2 heterocycles. The molecule has 0 radical (unpaired) electrons. The van der Waals surface area contributed by atoms with Crippen LogP contribution < -0.4 is 15.0 Å². The highest BCUT2D eigenvalue weighted by Crippen LogP contribution is 2.22. The summed E-state index contributed by atoms with van der Waals surface area (Å²) in [6.45, 7) is 4.25. The van der Waals surface area contributed by atoms with E-state index in [0.29, 0.717) is 11.5 Å². The molecule has 0 unspecified atom stereocenters. The molecule has 2 aromatic rings. The van der Waals surface area contributed by atoms with Crippen LogP contribution >= 0.6 is 0 Å². The van der Waals surface area contributed by atoms with Crippen LogP contribution in [-0.2, 0) is 0 Å². The van der Waals surface area contributed by atoms with E-state index in [1.54, 1.807) is 0 Å². The van der Waals surface area contributed by atoms with Crippen molar-refractivity contribution in [2.75, 3.05) is 50.6 Å². The van der Waals surface area contributed by atoms with E-state index in [-0.39, 0.29) is 5.88 Å². The average molecular weight is 324 g/mol. The predicted octanol–water partition coefficient (Wildman–Crippen LogP) is 1.85. The Morgan fingerprint density at radius 1 is 1.17 bits per heavy atom. The van der Waals surface area contributed by atoms with Gasteiger partial charge in [0.2, 0.25) is 11.8 Å². The largest absolute Gasteiger partial charge is 0.480 e. The van der Waals surface area contributed by atoms with Gasteiger partial charge >= 0.3 is 0 Å². The molecule has 1 N–H and O–H groups in total. The number of nitriles is 1. The minimum absolute atomic E-state index is 0.268. The highest BCUT2D eigenvalue weighted by molar-refractivity contribution is 5.60. The van der Waals surface area contributed by atoms with Gasteiger partial charge in [0.25, 0.3) is 0 Å². The third kappa shape index (κ3) is 3.55. The van der Waals surface area contributed by atoms with Gasteiger partial charge in [-0.05, 0) is 31.3 Å². The summed E-state index contributed by atoms with van der Waals surface area (Å²) in [6.07, 6.45) is 1.45. The van der Waals surface area contributed by atoms with Crippen LogP contribution in [0.5, 0.6) is 5.88 Å². The fourth-order valence-corrected chi connectivity index (χ4v) is 2.61. The first-order valence-electron chi connectivity index (χ1n) is 7.81. The fourth-order valence-electron chi connectivity index (χ4n) is 2.61. The first-order valence-corrected chi connectivity index (χ1v) is 7.81. The van der Waals surface area contributed by atoms with E-state index >= 15 is 0 Å². The summed E-state index contributed by atoms with van der Waals surface area (Å²) >= 11 is 0. The van der Waals surface area contributed by atoms with Crippen molar-refractivity contribution in [1.82, 2.24) is 14.9 Å². The maximum Gasteiger partial charge on any atom is 0.236 e. The van der Waals surface area contributed by atoms with Crippen LogP contribution in [-0.4, -0.2) is 55.2 Å². The highest BCUT2D eigenvalue weighted by Gasteiger charge is 2.14. The molecular formula is C17H20N6O. The molecular weight excluding hydrogens is 304 g/mol. The van der Waals surface area contributed by atoms with Gasteiger partial charge in [-0.1, -0.05) is 0 Å². The van der Waals surface area contributed by atoms with Crippen LogP contribution in [0.1, 0.15) is 5.56 Å². The Kier molecular flexibility index (Phi) is 4.77. The number of piperazine rings is 1. The standard InChI is InChI=1S/C17H20N6O/c1-22-7-9-23(10-8-22)15-5-3-14(4-6-15)20-17-19-12-13(11-18)16(21-17)24-2/h3-6,12H,7-10H2,1-2H3,(H,19,20,21). The molecule has 1 aliphatic rings. The number of likely N-dealkylation sites (N-methyl/N-ethyl adjacent to an activating group) is 1. The van der Waals surface area contributed by atoms with Gasteiger partial charge in [-0.25, -0.2) is 4.98 Å². The van der Waals surface area contributed by atoms with Gasteiger partial charge in [-0.3, -0.25) is 0 Å². The molecule has 7 nitrogen and oxygen atoms in total. The molecule has 1 fully saturated rings. The number of aromatic nitrogens is 2. The zero-order valence-electron chi connectivity index (χ0n) is 13.9. The normalized spacial score (nSPS) is 15.0. The number of benzene rings is 1. The lowest BCUT2D eigenvalue weighted by Crippen LogP contribution is -2.44. The summed E-state index contributed by atoms with van der Waals surface area (Å²) in [6, 6.07) is 10.2. The fraction of sp³-hybridized carbons (Fsp3) is 0.353. The molecule has 1 aliphatic heterocycles. The van der Waals surface area contributed by atoms with E-state index in [1.165, 1.54) is 19.0 Å². The Hall–Kier alpha value is -2.85. The number of methoxy groups -OCH3 is 1. The third-order valence-corrected chi connectivity index (χ3v) is 4.06. The average Bonchev–Trinajstić information content (AvgIpc) is 2.63. The van der Waals surface area contributed by atoms with Crippen LogP contribution in [0.2, 0.25) is 0 Å². The number of rotatable bonds is 4. The Morgan fingerprint density at radius 3 is 2.50 bits per heavy atom. The second-order valence-electron chi connectivity index (χ2n) is 5.69. The van der Waals surface area contributed by atoms with Crippen LogP contribution in [0.15, 0.2) is 30.5 Å². The van der Waals surface area contributed by atoms with Crippen molar-refractivity contribution in [3.63, 3.8) is 0 Å². The van der Waals surface area contributed by atoms with Crippen LogP contribution in [0.25, 0.3) is 0 Å². The third-order valence-electron chi connectivity index (χ3n) is 4.06. The van der Waals surface area contributed by atoms with E-state index in [4.69, 9.17) is 10.00 Å². The van der Waals surface area contributed by atoms with E-state index < -0.39 is 0 Å². The van der Waals surface area contributed by atoms with Gasteiger partial charge < -0.3 is 19.9 Å². The SMILES string of the molecule is COc1nc(Nc2ccc(N3CCN(C)CC3)cc2)ncc1C#N. The topological polar surface area (TPSA) is 77.3 Å². The molecule has 0 atom stereocenters. The van der Waals surface area contributed by atoms with Crippen LogP contribution in [0.4, 0.5) is 17.3 Å². The summed E-state index contributed by atoms with van der Waals surface area (Å²) in [4.78, 5) is 13.0. The molecule has 7 heteroatoms. The second-order valence-corrected chi connectivity index (χ2v) is 5.69. The zero-order chi connectivity index (χ0) is 16.9. The molecule has 0 amide bonds. The molecule has 24 heavy (non-hydrogen) atoms. The van der Waals surface area contributed by atoms with E-state index in [9.17, 15) is 0 Å². The lowest BCUT2D eigenvalue weighted by molar-refractivity contribution is 0.313. The Balaban J connectivity index is 1.69. The lowest BCUT2D eigenvalue weighted by atomic mass is 10.2. The van der Waals surface area contributed by atoms with Gasteiger partial charge in [0, 0.05) is 37.6 Å². The van der Waals surface area contributed by atoms with E-state index in [0.717, 1.165) is 31.9 Å². The predicted molar refractivity (Wildman–Crippen MR) is 92.7 cm³/mol. The summed E-state index contributed by atoms with van der Waals surface area (Å²) in [5.74, 6) is 0.669. The quantitative estimate of drug-likeness (QED) is 0.919. The van der Waals surface area contributed by atoms with Crippen molar-refractivity contribution in [3.8, 4) is 11.9 Å². The molecule has 3 rings (SSSR count). The molecule has 0 aliphatic carbocycles. The molecule has 0 spiro atoms. The smallest absolute Gasteiger partial charge is 0.236 e. The maximum atomic E-state index is 8.96. The second kappa shape index (κ2) is 7.15. The van der Waals surface area contributed by atoms with Crippen molar-refractivity contribution < 1.29 is 4.74 Å². The number of ether oxygens (including phenoxy) is 1. The molecule has 0 bridgehead atoms. The lowest BCUT2D eigenvalue weighted by Gasteiger charge is -2.34. The summed E-state index contributed by atoms with van der Waals surface area (Å²) in [7, 11) is 3.63. The van der Waals surface area contributed by atoms with Crippen molar-refractivity contribution in [1.29, 1.82) is 5.26 Å². The Labute approximate surface area is 141 Å². The molecule has 1 saturated heterocycles. The number of nitrogens with zero attached hydrogens (tertiary/aromatic N) is 5. The summed E-state index contributed by atoms with van der Waals surface area (Å²) in [5.41, 5.74) is 2.42. The molecule has 1 aromatic carbocycles. The zero-order valence-corrected chi connectivity index (χ0v) is 13.9. The number of hydrogen-bond acceptors (Lipinski definition) is 7. The maximum absolute atomic E-state index is 8.96. The van der Waals surface area contributed by atoms with E-state index in [1.807, 2.05) is 18.2 Å². The first-order chi connectivity index (χ1) is 11.7. The van der Waals surface area contributed by atoms with Crippen LogP contribution in [0, 0.1) is 11.3 Å². The van der Waals surface area contributed by atoms with Gasteiger partial charge in [-0.15, -0.1) is 0 Å². The van der Waals surface area contributed by atoms with Crippen molar-refractivity contribution in [3.05, 3.63) is 36.0 Å². The highest BCUT2D eigenvalue weighted by atomic mass is 16.5. The number of anilines is 3. The van der Waals surface area contributed by atoms with Crippen molar-refractivity contribution >= 4 is 17.3 Å². The van der Waals surface area contributed by atoms with Crippen molar-refractivity contribution in [2.24, 2.45) is 0 Å². The number of hydrogen-bond donors (Lipinski definition) is 1. The Morgan fingerprint density at radius 2 is 1.88 bits per heavy atom.